The van der Waals surface area contributed by atoms with E-state index in [9.17, 15) is 13.2 Å². The lowest BCUT2D eigenvalue weighted by Gasteiger charge is -2.34. The maximum absolute atomic E-state index is 12.8. The molecule has 3 aromatic rings. The van der Waals surface area contributed by atoms with Gasteiger partial charge in [0, 0.05) is 34.3 Å². The summed E-state index contributed by atoms with van der Waals surface area (Å²) >= 11 is 1.42. The number of anilines is 1. The van der Waals surface area contributed by atoms with Gasteiger partial charge in [0.2, 0.25) is 15.9 Å². The predicted molar refractivity (Wildman–Crippen MR) is 138 cm³/mol. The van der Waals surface area contributed by atoms with Gasteiger partial charge in [-0.1, -0.05) is 18.6 Å². The molecule has 190 valence electrons. The van der Waals surface area contributed by atoms with Gasteiger partial charge in [0.05, 0.1) is 23.7 Å². The van der Waals surface area contributed by atoms with E-state index in [-0.39, 0.29) is 5.25 Å². The summed E-state index contributed by atoms with van der Waals surface area (Å²) in [5, 5.41) is 2.24. The Bertz CT molecular complexity index is 1360. The summed E-state index contributed by atoms with van der Waals surface area (Å²) in [6, 6.07) is 9.12. The maximum Gasteiger partial charge on any atom is 0.405 e. The van der Waals surface area contributed by atoms with Crippen molar-refractivity contribution in [2.24, 2.45) is 5.73 Å². The molecule has 0 spiro atoms. The molecule has 2 fully saturated rings. The Labute approximate surface area is 214 Å². The lowest BCUT2D eigenvalue weighted by Crippen LogP contribution is -2.36. The lowest BCUT2D eigenvalue weighted by molar-refractivity contribution is -0.0166. The number of nitrogens with one attached hydrogen (secondary N) is 1. The van der Waals surface area contributed by atoms with Crippen LogP contribution in [0.1, 0.15) is 50.0 Å². The Morgan fingerprint density at radius 1 is 1.14 bits per heavy atom. The fourth-order valence-electron chi connectivity index (χ4n) is 4.61. The van der Waals surface area contributed by atoms with E-state index in [0.717, 1.165) is 30.4 Å². The number of rotatable bonds is 8. The second kappa shape index (κ2) is 9.70. The molecular formula is C25H28N4O5S2. The van der Waals surface area contributed by atoms with E-state index in [2.05, 4.69) is 9.71 Å². The Balaban J connectivity index is 1.52. The maximum atomic E-state index is 12.8. The number of hydrogen-bond acceptors (Lipinski definition) is 8. The minimum atomic E-state index is -3.50. The number of nitrogens with two attached hydrogens (primary N) is 1. The van der Waals surface area contributed by atoms with Crippen molar-refractivity contribution in [3.8, 4) is 28.3 Å². The second-order valence-electron chi connectivity index (χ2n) is 9.21. The number of ether oxygens (including phenoxy) is 2. The van der Waals surface area contributed by atoms with E-state index >= 15 is 0 Å². The number of sulfonamides is 1. The lowest BCUT2D eigenvalue weighted by atomic mass is 9.85. The first-order chi connectivity index (χ1) is 17.3. The number of pyridine rings is 1. The van der Waals surface area contributed by atoms with Crippen molar-refractivity contribution in [2.45, 2.75) is 55.8 Å². The van der Waals surface area contributed by atoms with E-state index in [1.807, 2.05) is 23.6 Å². The third-order valence-corrected chi connectivity index (χ3v) is 9.52. The van der Waals surface area contributed by atoms with Gasteiger partial charge in [-0.05, 0) is 50.7 Å². The third kappa shape index (κ3) is 5.03. The van der Waals surface area contributed by atoms with Gasteiger partial charge >= 0.3 is 6.09 Å². The van der Waals surface area contributed by atoms with E-state index in [0.29, 0.717) is 53.5 Å². The zero-order valence-corrected chi connectivity index (χ0v) is 21.5. The topological polar surface area (TPSA) is 134 Å². The largest absolute Gasteiger partial charge is 0.481 e. The zero-order valence-electron chi connectivity index (χ0n) is 19.9. The number of primary amides is 1. The molecule has 0 radical (unpaired) electrons. The molecule has 2 heterocycles. The van der Waals surface area contributed by atoms with Gasteiger partial charge in [-0.3, -0.25) is 4.72 Å². The van der Waals surface area contributed by atoms with Crippen LogP contribution in [0.15, 0.2) is 41.9 Å². The smallest absolute Gasteiger partial charge is 0.405 e. The molecule has 9 nitrogen and oxygen atoms in total. The van der Waals surface area contributed by atoms with E-state index in [4.69, 9.17) is 20.2 Å². The van der Waals surface area contributed by atoms with Gasteiger partial charge in [0.1, 0.15) is 5.01 Å². The highest BCUT2D eigenvalue weighted by molar-refractivity contribution is 7.93. The Morgan fingerprint density at radius 2 is 1.89 bits per heavy atom. The summed E-state index contributed by atoms with van der Waals surface area (Å²) in [6.45, 7) is 0. The highest BCUT2D eigenvalue weighted by atomic mass is 32.2. The van der Waals surface area contributed by atoms with Crippen LogP contribution in [-0.4, -0.2) is 36.8 Å². The van der Waals surface area contributed by atoms with Gasteiger partial charge in [-0.25, -0.2) is 23.2 Å². The van der Waals surface area contributed by atoms with Gasteiger partial charge in [0.15, 0.2) is 5.60 Å². The van der Waals surface area contributed by atoms with Crippen molar-refractivity contribution in [2.75, 3.05) is 11.8 Å². The Morgan fingerprint density at radius 3 is 2.53 bits per heavy atom. The van der Waals surface area contributed by atoms with Crippen LogP contribution in [0.5, 0.6) is 5.88 Å². The molecule has 2 aromatic heterocycles. The molecule has 2 saturated carbocycles. The zero-order chi connectivity index (χ0) is 25.3. The van der Waals surface area contributed by atoms with E-state index in [1.54, 1.807) is 25.4 Å². The van der Waals surface area contributed by atoms with Crippen molar-refractivity contribution >= 4 is 33.1 Å². The molecule has 11 heteroatoms. The van der Waals surface area contributed by atoms with Crippen LogP contribution < -0.4 is 15.2 Å². The molecule has 0 bridgehead atoms. The van der Waals surface area contributed by atoms with Crippen molar-refractivity contribution in [3.05, 3.63) is 46.9 Å². The number of carbonyl (C=O) groups is 1. The number of methoxy groups -OCH3 is 1. The van der Waals surface area contributed by atoms with Crippen LogP contribution in [0.25, 0.3) is 22.4 Å². The molecule has 0 atom stereocenters. The van der Waals surface area contributed by atoms with Crippen LogP contribution >= 0.6 is 11.3 Å². The average Bonchev–Trinajstić information content (AvgIpc) is 3.62. The summed E-state index contributed by atoms with van der Waals surface area (Å²) < 4.78 is 39.2. The molecule has 3 N–H and O–H groups in total. The third-order valence-electron chi connectivity index (χ3n) is 6.64. The number of benzene rings is 1. The van der Waals surface area contributed by atoms with Crippen LogP contribution in [0.4, 0.5) is 10.5 Å². The molecule has 2 aliphatic carbocycles. The van der Waals surface area contributed by atoms with Crippen LogP contribution in [0.2, 0.25) is 0 Å². The highest BCUT2D eigenvalue weighted by Gasteiger charge is 2.40. The fraction of sp³-hybridized carbons (Fsp3) is 0.400. The van der Waals surface area contributed by atoms with Crippen molar-refractivity contribution in [1.29, 1.82) is 0 Å². The fourth-order valence-corrected chi connectivity index (χ4v) is 7.03. The second-order valence-corrected chi connectivity index (χ2v) is 12.0. The molecule has 36 heavy (non-hydrogen) atoms. The molecule has 0 saturated heterocycles. The van der Waals surface area contributed by atoms with Gasteiger partial charge in [-0.15, -0.1) is 11.3 Å². The molecule has 5 rings (SSSR count). The average molecular weight is 529 g/mol. The number of amides is 1. The monoisotopic (exact) mass is 528 g/mol. The highest BCUT2D eigenvalue weighted by Crippen LogP contribution is 2.43. The number of thiazole rings is 1. The predicted octanol–water partition coefficient (Wildman–Crippen LogP) is 5.04. The quantitative estimate of drug-likeness (QED) is 0.418. The molecule has 1 aromatic carbocycles. The molecule has 0 aliphatic heterocycles. The van der Waals surface area contributed by atoms with Crippen LogP contribution in [-0.2, 0) is 20.4 Å². The summed E-state index contributed by atoms with van der Waals surface area (Å²) in [7, 11) is -1.96. The molecule has 1 amide bonds. The first-order valence-electron chi connectivity index (χ1n) is 11.9. The van der Waals surface area contributed by atoms with Crippen LogP contribution in [0.3, 0.4) is 0 Å². The molecular weight excluding hydrogens is 500 g/mol. The van der Waals surface area contributed by atoms with Gasteiger partial charge in [0.25, 0.3) is 0 Å². The first kappa shape index (κ1) is 24.5. The molecule has 2 aliphatic rings. The molecule has 0 unspecified atom stereocenters. The first-order valence-corrected chi connectivity index (χ1v) is 14.3. The minimum Gasteiger partial charge on any atom is -0.481 e. The minimum absolute atomic E-state index is 0.369. The summed E-state index contributed by atoms with van der Waals surface area (Å²) in [4.78, 5) is 20.8. The number of nitrogens with zero attached hydrogens (tertiary/aromatic N) is 2. The number of carbonyl (C=O) groups excluding carboxylic acids is 1. The number of hydrogen-bond donors (Lipinski definition) is 2. The normalized spacial score (nSPS) is 17.4. The van der Waals surface area contributed by atoms with Crippen LogP contribution in [0, 0.1) is 0 Å². The Kier molecular flexibility index (Phi) is 6.60. The Hall–Kier alpha value is -3.18. The van der Waals surface area contributed by atoms with Gasteiger partial charge in [-0.2, -0.15) is 0 Å². The van der Waals surface area contributed by atoms with E-state index in [1.165, 1.54) is 11.3 Å². The summed E-state index contributed by atoms with van der Waals surface area (Å²) in [5.74, 6) is 0.473. The van der Waals surface area contributed by atoms with Crippen molar-refractivity contribution in [1.82, 2.24) is 9.97 Å². The van der Waals surface area contributed by atoms with Gasteiger partial charge < -0.3 is 15.2 Å². The standard InChI is InChI=1S/C25H28N4O5S2/c1-33-22-10-6-17(14-27-22)19-9-5-16(13-20(19)29-36(31,32)18-7-8-18)21-15-35-23(28-21)25(34-24(26)30)11-3-2-4-12-25/h5-6,9-10,13-15,18,29H,2-4,7-8,11-12H2,1H3,(H2,26,30). The number of aromatic nitrogens is 2. The van der Waals surface area contributed by atoms with E-state index < -0.39 is 21.7 Å². The summed E-state index contributed by atoms with van der Waals surface area (Å²) in [5.41, 5.74) is 7.94. The summed E-state index contributed by atoms with van der Waals surface area (Å²) in [6.07, 6.45) is 6.46. The van der Waals surface area contributed by atoms with Crippen molar-refractivity contribution < 1.29 is 22.7 Å². The van der Waals surface area contributed by atoms with Crippen molar-refractivity contribution in [3.63, 3.8) is 0 Å². The SMILES string of the molecule is COc1ccc(-c2ccc(-c3csc(C4(OC(N)=O)CCCCC4)n3)cc2NS(=O)(=O)C2CC2)cn1.